The van der Waals surface area contributed by atoms with Crippen molar-refractivity contribution in [2.45, 2.75) is 51.6 Å². The van der Waals surface area contributed by atoms with Gasteiger partial charge in [0.15, 0.2) is 6.04 Å². The van der Waals surface area contributed by atoms with Gasteiger partial charge in [0.1, 0.15) is 0 Å². The van der Waals surface area contributed by atoms with E-state index in [0.29, 0.717) is 0 Å². The fraction of sp³-hybridized carbons (Fsp3) is 0.846. The highest BCUT2D eigenvalue weighted by molar-refractivity contribution is 5.82. The minimum atomic E-state index is -1.10. The van der Waals surface area contributed by atoms with Crippen molar-refractivity contribution in [2.75, 3.05) is 13.7 Å². The van der Waals surface area contributed by atoms with Crippen molar-refractivity contribution in [3.05, 3.63) is 0 Å². The maximum absolute atomic E-state index is 11.8. The number of methoxy groups -OCH3 is 1. The van der Waals surface area contributed by atoms with E-state index >= 15 is 0 Å². The second kappa shape index (κ2) is 6.75. The van der Waals surface area contributed by atoms with Crippen LogP contribution in [0.5, 0.6) is 0 Å². The highest BCUT2D eigenvalue weighted by Gasteiger charge is 2.33. The molecule has 0 aromatic carbocycles. The Kier molecular flexibility index (Phi) is 5.60. The van der Waals surface area contributed by atoms with Gasteiger partial charge in [-0.1, -0.05) is 26.7 Å². The van der Waals surface area contributed by atoms with E-state index in [9.17, 15) is 9.59 Å². The van der Waals surface area contributed by atoms with Crippen LogP contribution in [0.4, 0.5) is 4.79 Å². The molecule has 1 aliphatic carbocycles. The average molecular weight is 272 g/mol. The summed E-state index contributed by atoms with van der Waals surface area (Å²) in [6, 6.07) is -1.38. The number of urea groups is 1. The van der Waals surface area contributed by atoms with Crippen molar-refractivity contribution < 1.29 is 19.4 Å². The number of aliphatic carboxylic acids is 1. The second-order valence-corrected chi connectivity index (χ2v) is 5.75. The number of carbonyl (C=O) groups excluding carboxylic acids is 1. The molecule has 2 unspecified atom stereocenters. The molecule has 1 aliphatic rings. The van der Waals surface area contributed by atoms with Gasteiger partial charge in [0.05, 0.1) is 6.61 Å². The molecule has 0 aromatic rings. The van der Waals surface area contributed by atoms with Crippen LogP contribution in [0.25, 0.3) is 0 Å². The van der Waals surface area contributed by atoms with Crippen LogP contribution in [0.3, 0.4) is 0 Å². The lowest BCUT2D eigenvalue weighted by atomic mass is 9.73. The molecule has 1 fully saturated rings. The number of rotatable bonds is 5. The van der Waals surface area contributed by atoms with Crippen molar-refractivity contribution in [1.82, 2.24) is 10.6 Å². The van der Waals surface area contributed by atoms with Crippen LogP contribution in [-0.4, -0.2) is 42.9 Å². The summed E-state index contributed by atoms with van der Waals surface area (Å²) >= 11 is 0. The van der Waals surface area contributed by atoms with Crippen molar-refractivity contribution in [3.63, 3.8) is 0 Å². The van der Waals surface area contributed by atoms with E-state index in [1.54, 1.807) is 0 Å². The van der Waals surface area contributed by atoms with Gasteiger partial charge in [-0.25, -0.2) is 9.59 Å². The van der Waals surface area contributed by atoms with Crippen LogP contribution >= 0.6 is 0 Å². The Balaban J connectivity index is 2.51. The third-order valence-corrected chi connectivity index (χ3v) is 3.75. The quantitative estimate of drug-likeness (QED) is 0.705. The fourth-order valence-corrected chi connectivity index (χ4v) is 2.46. The molecule has 1 rings (SSSR count). The van der Waals surface area contributed by atoms with Gasteiger partial charge >= 0.3 is 12.0 Å². The largest absolute Gasteiger partial charge is 0.480 e. The Morgan fingerprint density at radius 1 is 1.42 bits per heavy atom. The van der Waals surface area contributed by atoms with E-state index in [1.807, 2.05) is 0 Å². The van der Waals surface area contributed by atoms with Gasteiger partial charge in [0.25, 0.3) is 0 Å². The molecule has 19 heavy (non-hydrogen) atoms. The summed E-state index contributed by atoms with van der Waals surface area (Å²) in [6.07, 6.45) is 4.27. The second-order valence-electron chi connectivity index (χ2n) is 5.75. The molecule has 0 heterocycles. The average Bonchev–Trinajstić information content (AvgIpc) is 2.31. The van der Waals surface area contributed by atoms with Gasteiger partial charge < -0.3 is 20.5 Å². The molecule has 3 N–H and O–H groups in total. The van der Waals surface area contributed by atoms with Crippen LogP contribution in [0.2, 0.25) is 0 Å². The summed E-state index contributed by atoms with van der Waals surface area (Å²) < 4.78 is 4.77. The Labute approximate surface area is 113 Å². The molecule has 0 aromatic heterocycles. The lowest BCUT2D eigenvalue weighted by Crippen LogP contribution is -2.54. The molecule has 2 atom stereocenters. The standard InChI is InChI=1S/C13H24N2O4/c1-13(2)7-5-4-6-10(13)15-12(18)14-9(8-19-3)11(16)17/h9-10H,4-8H2,1-3H3,(H,16,17)(H2,14,15,18). The number of carbonyl (C=O) groups is 2. The first kappa shape index (κ1) is 15.8. The zero-order valence-electron chi connectivity index (χ0n) is 11.9. The first-order chi connectivity index (χ1) is 8.86. The van der Waals surface area contributed by atoms with Crippen molar-refractivity contribution in [2.24, 2.45) is 5.41 Å². The van der Waals surface area contributed by atoms with Crippen molar-refractivity contribution in [1.29, 1.82) is 0 Å². The fourth-order valence-electron chi connectivity index (χ4n) is 2.46. The zero-order chi connectivity index (χ0) is 14.5. The number of amides is 2. The molecular weight excluding hydrogens is 248 g/mol. The lowest BCUT2D eigenvalue weighted by molar-refractivity contribution is -0.140. The normalized spacial score (nSPS) is 23.4. The van der Waals surface area contributed by atoms with Crippen LogP contribution in [0.15, 0.2) is 0 Å². The Morgan fingerprint density at radius 3 is 2.63 bits per heavy atom. The molecule has 0 bridgehead atoms. The van der Waals surface area contributed by atoms with Crippen LogP contribution in [0, 0.1) is 5.41 Å². The third-order valence-electron chi connectivity index (χ3n) is 3.75. The van der Waals surface area contributed by atoms with Gasteiger partial charge in [-0.2, -0.15) is 0 Å². The molecule has 0 saturated heterocycles. The highest BCUT2D eigenvalue weighted by atomic mass is 16.5. The molecule has 0 radical (unpaired) electrons. The van der Waals surface area contributed by atoms with Crippen molar-refractivity contribution in [3.8, 4) is 0 Å². The Hall–Kier alpha value is -1.30. The molecule has 6 nitrogen and oxygen atoms in total. The molecule has 0 spiro atoms. The van der Waals surface area contributed by atoms with Gasteiger partial charge in [0, 0.05) is 13.2 Å². The molecule has 0 aliphatic heterocycles. The Morgan fingerprint density at radius 2 is 2.11 bits per heavy atom. The predicted octanol–water partition coefficient (Wildman–Crippen LogP) is 1.35. The molecular formula is C13H24N2O4. The zero-order valence-corrected chi connectivity index (χ0v) is 11.9. The third kappa shape index (κ3) is 4.70. The minimum absolute atomic E-state index is 0.0448. The lowest BCUT2D eigenvalue weighted by Gasteiger charge is -2.39. The monoisotopic (exact) mass is 272 g/mol. The highest BCUT2D eigenvalue weighted by Crippen LogP contribution is 2.35. The summed E-state index contributed by atoms with van der Waals surface area (Å²) in [4.78, 5) is 22.8. The van der Waals surface area contributed by atoms with Gasteiger partial charge in [-0.15, -0.1) is 0 Å². The predicted molar refractivity (Wildman–Crippen MR) is 71.0 cm³/mol. The number of ether oxygens (including phenoxy) is 1. The smallest absolute Gasteiger partial charge is 0.328 e. The van der Waals surface area contributed by atoms with E-state index < -0.39 is 18.0 Å². The summed E-state index contributed by atoms with van der Waals surface area (Å²) in [7, 11) is 1.40. The van der Waals surface area contributed by atoms with E-state index in [4.69, 9.17) is 9.84 Å². The first-order valence-corrected chi connectivity index (χ1v) is 6.65. The molecule has 1 saturated carbocycles. The number of hydrogen-bond acceptors (Lipinski definition) is 3. The molecule has 6 heteroatoms. The topological polar surface area (TPSA) is 87.7 Å². The SMILES string of the molecule is COCC(NC(=O)NC1CCCCC1(C)C)C(=O)O. The van der Waals surface area contributed by atoms with Gasteiger partial charge in [-0.3, -0.25) is 0 Å². The summed E-state index contributed by atoms with van der Waals surface area (Å²) in [6.45, 7) is 4.21. The number of carboxylic acid groups (broad SMARTS) is 1. The summed E-state index contributed by atoms with van der Waals surface area (Å²) in [5, 5.41) is 14.3. The first-order valence-electron chi connectivity index (χ1n) is 6.65. The van der Waals surface area contributed by atoms with Gasteiger partial charge in [0.2, 0.25) is 0 Å². The van der Waals surface area contributed by atoms with E-state index in [1.165, 1.54) is 13.5 Å². The van der Waals surface area contributed by atoms with Crippen LogP contribution in [0.1, 0.15) is 39.5 Å². The number of nitrogens with one attached hydrogen (secondary N) is 2. The molecule has 2 amide bonds. The minimum Gasteiger partial charge on any atom is -0.480 e. The number of carboxylic acids is 1. The van der Waals surface area contributed by atoms with E-state index in [-0.39, 0.29) is 18.1 Å². The molecule has 110 valence electrons. The maximum atomic E-state index is 11.8. The van der Waals surface area contributed by atoms with Crippen LogP contribution < -0.4 is 10.6 Å². The number of hydrogen-bond donors (Lipinski definition) is 3. The summed E-state index contributed by atoms with van der Waals surface area (Å²) in [5.74, 6) is -1.10. The van der Waals surface area contributed by atoms with Crippen LogP contribution in [-0.2, 0) is 9.53 Å². The summed E-state index contributed by atoms with van der Waals surface area (Å²) in [5.41, 5.74) is 0.0512. The maximum Gasteiger partial charge on any atom is 0.328 e. The van der Waals surface area contributed by atoms with Gasteiger partial charge in [-0.05, 0) is 18.3 Å². The van der Waals surface area contributed by atoms with E-state index in [0.717, 1.165) is 19.3 Å². The Bertz CT molecular complexity index is 331. The van der Waals surface area contributed by atoms with E-state index in [2.05, 4.69) is 24.5 Å². The van der Waals surface area contributed by atoms with Crippen molar-refractivity contribution >= 4 is 12.0 Å².